The number of carbonyl (C=O) groups excluding carboxylic acids is 1. The molecule has 96 valence electrons. The molecule has 1 amide bonds. The van der Waals surface area contributed by atoms with Crippen molar-refractivity contribution in [1.82, 2.24) is 16.2 Å². The minimum absolute atomic E-state index is 0.0510. The predicted octanol–water partition coefficient (Wildman–Crippen LogP) is 0.104. The Morgan fingerprint density at radius 3 is 3.28 bits per heavy atom. The fourth-order valence-electron chi connectivity index (χ4n) is 2.37. The van der Waals surface area contributed by atoms with E-state index in [1.807, 2.05) is 12.1 Å². The summed E-state index contributed by atoms with van der Waals surface area (Å²) in [6.07, 6.45) is 2.34. The number of nitrogens with one attached hydrogen (secondary N) is 3. The van der Waals surface area contributed by atoms with E-state index >= 15 is 0 Å². The lowest BCUT2D eigenvalue weighted by Crippen LogP contribution is -2.44. The fourth-order valence-corrected chi connectivity index (χ4v) is 2.37. The summed E-state index contributed by atoms with van der Waals surface area (Å²) in [5, 5.41) is 2.95. The van der Waals surface area contributed by atoms with Gasteiger partial charge in [-0.05, 0) is 23.6 Å². The molecule has 0 saturated carbocycles. The molecule has 0 bridgehead atoms. The summed E-state index contributed by atoms with van der Waals surface area (Å²) in [4.78, 5) is 11.9. The van der Waals surface area contributed by atoms with Gasteiger partial charge in [0.25, 0.3) is 0 Å². The van der Waals surface area contributed by atoms with Gasteiger partial charge >= 0.3 is 0 Å². The molecule has 5 nitrogen and oxygen atoms in total. The Balaban J connectivity index is 1.60. The highest BCUT2D eigenvalue weighted by atomic mass is 16.5. The number of ether oxygens (including phenoxy) is 1. The smallest absolute Gasteiger partial charge is 0.225 e. The largest absolute Gasteiger partial charge is 0.493 e. The van der Waals surface area contributed by atoms with E-state index in [1.165, 1.54) is 5.56 Å². The lowest BCUT2D eigenvalue weighted by Gasteiger charge is -2.12. The van der Waals surface area contributed by atoms with Gasteiger partial charge in [-0.1, -0.05) is 12.1 Å². The van der Waals surface area contributed by atoms with Crippen LogP contribution in [0.2, 0.25) is 0 Å². The standard InChI is InChI=1S/C13H17N3O2/c17-13(15-12-3-5-14-16-12)8-9-1-2-11-10(7-9)4-6-18-11/h1-2,7,12,14,16H,3-6,8H2,(H,15,17). The van der Waals surface area contributed by atoms with Crippen LogP contribution in [-0.4, -0.2) is 25.2 Å². The van der Waals surface area contributed by atoms with Crippen LogP contribution in [0.3, 0.4) is 0 Å². The Morgan fingerprint density at radius 2 is 2.44 bits per heavy atom. The van der Waals surface area contributed by atoms with Gasteiger partial charge in [-0.25, -0.2) is 5.43 Å². The zero-order valence-electron chi connectivity index (χ0n) is 10.2. The number of hydrogen-bond acceptors (Lipinski definition) is 4. The van der Waals surface area contributed by atoms with Crippen LogP contribution in [0.15, 0.2) is 18.2 Å². The second-order valence-corrected chi connectivity index (χ2v) is 4.70. The van der Waals surface area contributed by atoms with E-state index in [0.717, 1.165) is 37.3 Å². The summed E-state index contributed by atoms with van der Waals surface area (Å²) in [6.45, 7) is 1.64. The molecule has 3 N–H and O–H groups in total. The van der Waals surface area contributed by atoms with Gasteiger partial charge in [0.2, 0.25) is 5.91 Å². The van der Waals surface area contributed by atoms with E-state index < -0.39 is 0 Å². The molecule has 1 aromatic rings. The van der Waals surface area contributed by atoms with Gasteiger partial charge in [0.05, 0.1) is 19.2 Å². The van der Waals surface area contributed by atoms with Crippen molar-refractivity contribution < 1.29 is 9.53 Å². The summed E-state index contributed by atoms with van der Waals surface area (Å²) < 4.78 is 5.45. The van der Waals surface area contributed by atoms with Crippen molar-refractivity contribution >= 4 is 5.91 Å². The lowest BCUT2D eigenvalue weighted by atomic mass is 10.1. The zero-order chi connectivity index (χ0) is 12.4. The molecule has 1 aromatic carbocycles. The quantitative estimate of drug-likeness (QED) is 0.709. The maximum absolute atomic E-state index is 11.9. The number of fused-ring (bicyclic) bond motifs is 1. The van der Waals surface area contributed by atoms with Gasteiger partial charge in [-0.15, -0.1) is 0 Å². The fraction of sp³-hybridized carbons (Fsp3) is 0.462. The molecule has 1 atom stereocenters. The van der Waals surface area contributed by atoms with Gasteiger partial charge in [0, 0.05) is 13.0 Å². The van der Waals surface area contributed by atoms with Crippen LogP contribution >= 0.6 is 0 Å². The second kappa shape index (κ2) is 4.96. The van der Waals surface area contributed by atoms with Crippen LogP contribution < -0.4 is 20.9 Å². The third-order valence-corrected chi connectivity index (χ3v) is 3.29. The van der Waals surface area contributed by atoms with E-state index in [0.29, 0.717) is 6.42 Å². The normalized spacial score (nSPS) is 21.4. The lowest BCUT2D eigenvalue weighted by molar-refractivity contribution is -0.121. The number of rotatable bonds is 3. The Bertz CT molecular complexity index is 456. The number of benzene rings is 1. The van der Waals surface area contributed by atoms with Crippen molar-refractivity contribution in [3.8, 4) is 5.75 Å². The highest BCUT2D eigenvalue weighted by molar-refractivity contribution is 5.79. The molecule has 1 saturated heterocycles. The van der Waals surface area contributed by atoms with E-state index in [2.05, 4.69) is 22.2 Å². The van der Waals surface area contributed by atoms with Gasteiger partial charge in [0.15, 0.2) is 0 Å². The maximum atomic E-state index is 11.9. The third-order valence-electron chi connectivity index (χ3n) is 3.29. The molecule has 0 spiro atoms. The number of carbonyl (C=O) groups is 1. The van der Waals surface area contributed by atoms with Crippen molar-refractivity contribution in [3.63, 3.8) is 0 Å². The maximum Gasteiger partial charge on any atom is 0.225 e. The molecule has 1 fully saturated rings. The topological polar surface area (TPSA) is 62.4 Å². The predicted molar refractivity (Wildman–Crippen MR) is 67.0 cm³/mol. The van der Waals surface area contributed by atoms with Crippen LogP contribution in [0.4, 0.5) is 0 Å². The molecule has 0 radical (unpaired) electrons. The summed E-state index contributed by atoms with van der Waals surface area (Å²) in [5.41, 5.74) is 8.26. The highest BCUT2D eigenvalue weighted by Crippen LogP contribution is 2.25. The average Bonchev–Trinajstić information content (AvgIpc) is 2.98. The summed E-state index contributed by atoms with van der Waals surface area (Å²) in [5.74, 6) is 1.01. The van der Waals surface area contributed by atoms with Crippen LogP contribution in [-0.2, 0) is 17.6 Å². The summed E-state index contributed by atoms with van der Waals surface area (Å²) in [6, 6.07) is 5.99. The molecule has 3 rings (SSSR count). The molecular formula is C13H17N3O2. The van der Waals surface area contributed by atoms with Crippen LogP contribution in [0.25, 0.3) is 0 Å². The van der Waals surface area contributed by atoms with Crippen molar-refractivity contribution in [2.24, 2.45) is 0 Å². The van der Waals surface area contributed by atoms with E-state index in [4.69, 9.17) is 4.74 Å². The summed E-state index contributed by atoms with van der Waals surface area (Å²) >= 11 is 0. The van der Waals surface area contributed by atoms with Gasteiger partial charge in [0.1, 0.15) is 5.75 Å². The van der Waals surface area contributed by atoms with Crippen LogP contribution in [0.5, 0.6) is 5.75 Å². The van der Waals surface area contributed by atoms with E-state index in [1.54, 1.807) is 0 Å². The summed E-state index contributed by atoms with van der Waals surface area (Å²) in [7, 11) is 0. The van der Waals surface area contributed by atoms with Gasteiger partial charge in [-0.2, -0.15) is 0 Å². The van der Waals surface area contributed by atoms with E-state index in [-0.39, 0.29) is 12.1 Å². The average molecular weight is 247 g/mol. The Hall–Kier alpha value is -1.59. The minimum atomic E-state index is 0.0510. The van der Waals surface area contributed by atoms with Gasteiger partial charge in [-0.3, -0.25) is 10.2 Å². The molecule has 0 aliphatic carbocycles. The molecule has 18 heavy (non-hydrogen) atoms. The molecule has 0 aromatic heterocycles. The molecule has 2 aliphatic heterocycles. The number of hydrazine groups is 1. The van der Waals surface area contributed by atoms with Crippen molar-refractivity contribution in [2.75, 3.05) is 13.2 Å². The minimum Gasteiger partial charge on any atom is -0.493 e. The van der Waals surface area contributed by atoms with Crippen molar-refractivity contribution in [1.29, 1.82) is 0 Å². The number of hydrogen-bond donors (Lipinski definition) is 3. The Labute approximate surface area is 106 Å². The first-order valence-electron chi connectivity index (χ1n) is 6.33. The number of amides is 1. The first kappa shape index (κ1) is 11.5. The zero-order valence-corrected chi connectivity index (χ0v) is 10.2. The van der Waals surface area contributed by atoms with Crippen molar-refractivity contribution in [2.45, 2.75) is 25.4 Å². The van der Waals surface area contributed by atoms with Crippen molar-refractivity contribution in [3.05, 3.63) is 29.3 Å². The SMILES string of the molecule is O=C(Cc1ccc2c(c1)CCO2)NC1CCNN1. The first-order valence-corrected chi connectivity index (χ1v) is 6.33. The molecule has 2 aliphatic rings. The molecule has 1 unspecified atom stereocenters. The first-order chi connectivity index (χ1) is 8.81. The highest BCUT2D eigenvalue weighted by Gasteiger charge is 2.17. The third kappa shape index (κ3) is 2.47. The molecule has 2 heterocycles. The molecular weight excluding hydrogens is 230 g/mol. The Kier molecular flexibility index (Phi) is 3.17. The van der Waals surface area contributed by atoms with E-state index in [9.17, 15) is 4.79 Å². The Morgan fingerprint density at radius 1 is 1.50 bits per heavy atom. The van der Waals surface area contributed by atoms with Crippen LogP contribution in [0.1, 0.15) is 17.5 Å². The molecule has 5 heteroatoms. The van der Waals surface area contributed by atoms with Gasteiger partial charge < -0.3 is 10.1 Å². The second-order valence-electron chi connectivity index (χ2n) is 4.70. The monoisotopic (exact) mass is 247 g/mol. The van der Waals surface area contributed by atoms with Crippen LogP contribution in [0, 0.1) is 0 Å².